The van der Waals surface area contributed by atoms with E-state index in [0.29, 0.717) is 9.90 Å². The van der Waals surface area contributed by atoms with Gasteiger partial charge in [-0.2, -0.15) is 13.9 Å². The van der Waals surface area contributed by atoms with E-state index in [0.717, 1.165) is 18.0 Å². The van der Waals surface area contributed by atoms with Gasteiger partial charge in [-0.1, -0.05) is 42.5 Å². The van der Waals surface area contributed by atoms with E-state index in [2.05, 4.69) is 14.3 Å². The first-order valence-electron chi connectivity index (χ1n) is 13.6. The first-order valence-corrected chi connectivity index (χ1v) is 16.7. The van der Waals surface area contributed by atoms with E-state index >= 15 is 4.39 Å². The van der Waals surface area contributed by atoms with Gasteiger partial charge in [-0.15, -0.1) is 0 Å². The largest absolute Gasteiger partial charge is 0.480 e. The molecule has 0 saturated carbocycles. The Morgan fingerprint density at radius 1 is 1.04 bits per heavy atom. The number of imidazole rings is 1. The summed E-state index contributed by atoms with van der Waals surface area (Å²) in [5.41, 5.74) is 6.66. The van der Waals surface area contributed by atoms with E-state index < -0.39 is 58.1 Å². The summed E-state index contributed by atoms with van der Waals surface area (Å²) < 4.78 is 58.3. The zero-order valence-electron chi connectivity index (χ0n) is 23.6. The van der Waals surface area contributed by atoms with Crippen molar-refractivity contribution in [1.29, 1.82) is 0 Å². The first-order chi connectivity index (χ1) is 21.8. The molecule has 7 N–H and O–H groups in total. The quantitative estimate of drug-likeness (QED) is 0.0916. The Morgan fingerprint density at radius 2 is 1.76 bits per heavy atom. The van der Waals surface area contributed by atoms with Gasteiger partial charge >= 0.3 is 21.1 Å². The molecule has 16 nitrogen and oxygen atoms in total. The van der Waals surface area contributed by atoms with Crippen molar-refractivity contribution in [3.8, 4) is 11.1 Å². The maximum absolute atomic E-state index is 15.3. The number of nitrogens with zero attached hydrogens (tertiary/aromatic N) is 4. The van der Waals surface area contributed by atoms with Crippen LogP contribution < -0.4 is 15.9 Å². The number of ether oxygens (including phenoxy) is 1. The van der Waals surface area contributed by atoms with Crippen LogP contribution in [0.4, 0.5) is 10.3 Å². The lowest BCUT2D eigenvalue weighted by Gasteiger charge is -2.19. The second kappa shape index (κ2) is 12.3. The van der Waals surface area contributed by atoms with Crippen molar-refractivity contribution in [2.24, 2.45) is 0 Å². The first kappa shape index (κ1) is 31.9. The number of halogens is 1. The van der Waals surface area contributed by atoms with E-state index in [4.69, 9.17) is 15.0 Å². The normalized spacial score (nSPS) is 22.5. The standard InChI is InChI=1S/C27H27FN6O10P2/c28-19-12-17(16-6-2-1-3-7-16)8-9-18(19)13-32-15-34(24-21(32)25(37)31-27(29)30-24)26-23(36)22(35)20(43-26)14-42-46(40,41)44-45(38,39)33-10-4-5-11-33/h1-12,15,20,22-23,26,35-36H,13-14H2,(H4-,29,30,31,37,38,39,40,41)/p+1/t20?,22-,23-,26?/m0/s1. The number of hydrogen-bond acceptors (Lipinski definition) is 10. The average Bonchev–Trinajstić information content (AvgIpc) is 3.73. The summed E-state index contributed by atoms with van der Waals surface area (Å²) >= 11 is 0. The van der Waals surface area contributed by atoms with Gasteiger partial charge in [-0.25, -0.2) is 18.1 Å². The molecule has 4 unspecified atom stereocenters. The van der Waals surface area contributed by atoms with Crippen LogP contribution in [0.25, 0.3) is 22.3 Å². The molecular formula is C27H28FN6O10P2+. The highest BCUT2D eigenvalue weighted by molar-refractivity contribution is 7.63. The number of aromatic nitrogens is 5. The fourth-order valence-corrected chi connectivity index (χ4v) is 7.53. The molecule has 1 fully saturated rings. The van der Waals surface area contributed by atoms with Crippen LogP contribution in [0.15, 0.2) is 84.2 Å². The summed E-state index contributed by atoms with van der Waals surface area (Å²) in [6, 6.07) is 16.6. The molecule has 242 valence electrons. The molecule has 4 heterocycles. The average molecular weight is 677 g/mol. The van der Waals surface area contributed by atoms with Gasteiger partial charge in [0, 0.05) is 18.0 Å². The van der Waals surface area contributed by atoms with Gasteiger partial charge in [0.05, 0.1) is 6.61 Å². The highest BCUT2D eigenvalue weighted by atomic mass is 31.3. The number of nitrogen functional groups attached to an aromatic ring is 1. The lowest BCUT2D eigenvalue weighted by atomic mass is 10.0. The number of aliphatic hydroxyl groups is 2. The molecule has 46 heavy (non-hydrogen) atoms. The second-order valence-corrected chi connectivity index (χ2v) is 13.7. The van der Waals surface area contributed by atoms with Crippen molar-refractivity contribution in [1.82, 2.24) is 18.9 Å². The topological polar surface area (TPSA) is 228 Å². The number of fused-ring (bicyclic) bond motifs is 1. The predicted molar refractivity (Wildman–Crippen MR) is 158 cm³/mol. The molecule has 1 saturated heterocycles. The Bertz CT molecular complexity index is 2040. The van der Waals surface area contributed by atoms with E-state index in [1.807, 2.05) is 30.3 Å². The minimum Gasteiger partial charge on any atom is -0.387 e. The van der Waals surface area contributed by atoms with E-state index in [1.165, 1.54) is 33.7 Å². The molecule has 0 aliphatic carbocycles. The fourth-order valence-electron chi connectivity index (χ4n) is 5.11. The number of nitrogens with one attached hydrogen (secondary N) is 1. The molecule has 1 aliphatic heterocycles. The van der Waals surface area contributed by atoms with Gasteiger partial charge in [-0.3, -0.25) is 18.6 Å². The molecule has 0 amide bonds. The van der Waals surface area contributed by atoms with Crippen LogP contribution >= 0.6 is 15.6 Å². The minimum absolute atomic E-state index is 0.0531. The van der Waals surface area contributed by atoms with Crippen molar-refractivity contribution >= 4 is 32.7 Å². The lowest BCUT2D eigenvalue weighted by molar-refractivity contribution is -0.664. The van der Waals surface area contributed by atoms with Crippen LogP contribution in [0.5, 0.6) is 0 Å². The van der Waals surface area contributed by atoms with Gasteiger partial charge in [0.2, 0.25) is 18.5 Å². The number of phosphoric acid groups is 1. The van der Waals surface area contributed by atoms with Crippen molar-refractivity contribution in [2.75, 3.05) is 12.3 Å². The smallest absolute Gasteiger partial charge is 0.387 e. The number of benzene rings is 2. The van der Waals surface area contributed by atoms with Crippen LogP contribution in [0.1, 0.15) is 11.8 Å². The summed E-state index contributed by atoms with van der Waals surface area (Å²) in [5, 5.41) is 21.6. The molecule has 0 radical (unpaired) electrons. The fraction of sp³-hybridized carbons (Fsp3) is 0.222. The number of aromatic amines is 1. The van der Waals surface area contributed by atoms with Crippen LogP contribution in [-0.4, -0.2) is 63.8 Å². The van der Waals surface area contributed by atoms with Gasteiger partial charge in [0.1, 0.15) is 30.7 Å². The SMILES string of the molecule is Nc1nc2c(c(=O)[nH]1)[n+](Cc1ccc(-c3ccccc3)cc1F)cn2C1OC(COP(=O)(O)OP(=O)(O)n2cccc2)[C@H](O)[C@@H]1O. The van der Waals surface area contributed by atoms with Crippen LogP contribution in [0.2, 0.25) is 0 Å². The van der Waals surface area contributed by atoms with Gasteiger partial charge in [-0.05, 0) is 29.3 Å². The number of rotatable bonds is 10. The van der Waals surface area contributed by atoms with Crippen molar-refractivity contribution in [3.05, 3.63) is 101 Å². The van der Waals surface area contributed by atoms with Crippen LogP contribution in [-0.2, 0) is 29.2 Å². The van der Waals surface area contributed by atoms with Crippen LogP contribution in [0.3, 0.4) is 0 Å². The number of phosphoric ester groups is 1. The molecule has 1 aliphatic rings. The second-order valence-electron chi connectivity index (χ2n) is 10.4. The Hall–Kier alpha value is -4.02. The Balaban J connectivity index is 1.25. The third kappa shape index (κ3) is 6.33. The maximum Gasteiger partial charge on any atom is 0.480 e. The predicted octanol–water partition coefficient (Wildman–Crippen LogP) is 1.65. The zero-order chi connectivity index (χ0) is 32.8. The molecule has 2 aromatic carbocycles. The van der Waals surface area contributed by atoms with Crippen molar-refractivity contribution < 1.29 is 51.7 Å². The zero-order valence-corrected chi connectivity index (χ0v) is 25.4. The summed E-state index contributed by atoms with van der Waals surface area (Å²) in [5.74, 6) is -0.816. The number of nitrogens with two attached hydrogens (primary N) is 1. The molecule has 6 atom stereocenters. The number of H-pyrrole nitrogens is 1. The number of anilines is 1. The number of hydrogen-bond donors (Lipinski definition) is 6. The molecule has 5 aromatic rings. The van der Waals surface area contributed by atoms with E-state index in [1.54, 1.807) is 12.1 Å². The summed E-state index contributed by atoms with van der Waals surface area (Å²) in [4.78, 5) is 39.6. The third-order valence-electron chi connectivity index (χ3n) is 7.29. The lowest BCUT2D eigenvalue weighted by Crippen LogP contribution is -2.37. The highest BCUT2D eigenvalue weighted by Crippen LogP contribution is 2.60. The number of aliphatic hydroxyl groups excluding tert-OH is 2. The molecule has 19 heteroatoms. The van der Waals surface area contributed by atoms with Crippen LogP contribution in [0, 0.1) is 5.82 Å². The Labute approximate surface area is 258 Å². The summed E-state index contributed by atoms with van der Waals surface area (Å²) in [6.45, 7) is -1.01. The maximum atomic E-state index is 15.3. The summed E-state index contributed by atoms with van der Waals surface area (Å²) in [7, 11) is -10.0. The molecule has 0 bridgehead atoms. The monoisotopic (exact) mass is 677 g/mol. The van der Waals surface area contributed by atoms with E-state index in [9.17, 15) is 33.9 Å². The molecule has 3 aromatic heterocycles. The Kier molecular flexibility index (Phi) is 8.54. The van der Waals surface area contributed by atoms with Gasteiger partial charge in [0.15, 0.2) is 0 Å². The van der Waals surface area contributed by atoms with Gasteiger partial charge < -0.3 is 30.5 Å². The Morgan fingerprint density at radius 3 is 2.46 bits per heavy atom. The van der Waals surface area contributed by atoms with Gasteiger partial charge in [0.25, 0.3) is 11.2 Å². The van der Waals surface area contributed by atoms with E-state index in [-0.39, 0.29) is 29.2 Å². The molecular weight excluding hydrogens is 649 g/mol. The van der Waals surface area contributed by atoms with Crippen molar-refractivity contribution in [2.45, 2.75) is 31.1 Å². The minimum atomic E-state index is -5.19. The highest BCUT2D eigenvalue weighted by Gasteiger charge is 2.49. The third-order valence-corrected chi connectivity index (χ3v) is 10.3. The van der Waals surface area contributed by atoms with Crippen molar-refractivity contribution in [3.63, 3.8) is 0 Å². The molecule has 0 spiro atoms. The molecule has 6 rings (SSSR count). The summed E-state index contributed by atoms with van der Waals surface area (Å²) in [6.07, 6.45) is -2.69.